The van der Waals surface area contributed by atoms with Gasteiger partial charge >= 0.3 is 0 Å². The van der Waals surface area contributed by atoms with E-state index in [0.717, 1.165) is 21.1 Å². The van der Waals surface area contributed by atoms with E-state index in [4.69, 9.17) is 12.2 Å². The topological polar surface area (TPSA) is 62.3 Å². The van der Waals surface area contributed by atoms with Gasteiger partial charge in [0.2, 0.25) is 5.91 Å². The molecule has 0 aliphatic carbocycles. The summed E-state index contributed by atoms with van der Waals surface area (Å²) in [6, 6.07) is 13.8. The number of thiocarbonyl (C=S) groups is 1. The number of nitrogens with one attached hydrogen (secondary N) is 1. The smallest absolute Gasteiger partial charge is 0.266 e. The number of thiophene rings is 1. The number of thioether (sulfide) groups is 1. The van der Waals surface area contributed by atoms with Crippen molar-refractivity contribution in [2.24, 2.45) is 0 Å². The lowest BCUT2D eigenvalue weighted by Gasteiger charge is -2.13. The molecule has 0 saturated carbocycles. The largest absolute Gasteiger partial charge is 0.350 e. The fourth-order valence-electron chi connectivity index (χ4n) is 2.80. The highest BCUT2D eigenvalue weighted by molar-refractivity contribution is 8.26. The molecule has 0 bridgehead atoms. The minimum Gasteiger partial charge on any atom is -0.350 e. The van der Waals surface area contributed by atoms with Crippen LogP contribution in [0.5, 0.6) is 0 Å². The maximum Gasteiger partial charge on any atom is 0.266 e. The van der Waals surface area contributed by atoms with Gasteiger partial charge in [-0.3, -0.25) is 14.5 Å². The Morgan fingerprint density at radius 2 is 2.00 bits per heavy atom. The average Bonchev–Trinajstić information content (AvgIpc) is 3.49. The third-order valence-electron chi connectivity index (χ3n) is 4.31. The first-order valence-corrected chi connectivity index (χ1v) is 12.1. The zero-order valence-corrected chi connectivity index (χ0v) is 19.0. The zero-order valence-electron chi connectivity index (χ0n) is 15.7. The second-order valence-electron chi connectivity index (χ2n) is 6.37. The number of carbonyl (C=O) groups excluding carboxylic acids is 2. The van der Waals surface area contributed by atoms with E-state index in [-0.39, 0.29) is 24.8 Å². The molecule has 1 aromatic carbocycles. The van der Waals surface area contributed by atoms with Crippen molar-refractivity contribution >= 4 is 68.9 Å². The predicted octanol–water partition coefficient (Wildman–Crippen LogP) is 4.78. The van der Waals surface area contributed by atoms with E-state index < -0.39 is 0 Å². The lowest BCUT2D eigenvalue weighted by atomic mass is 10.2. The minimum absolute atomic E-state index is 0.136. The highest BCUT2D eigenvalue weighted by Gasteiger charge is 2.32. The SMILES string of the molecule is O=C(CCN1C(=O)/C(=C/c2cccs2)SC1=S)NCc1nc(-c2ccccc2)cs1. The number of carbonyl (C=O) groups is 2. The van der Waals surface area contributed by atoms with Gasteiger partial charge in [0.25, 0.3) is 5.91 Å². The van der Waals surface area contributed by atoms with Crippen LogP contribution in [-0.4, -0.2) is 32.6 Å². The Kier molecular flexibility index (Phi) is 6.73. The van der Waals surface area contributed by atoms with Gasteiger partial charge in [-0.15, -0.1) is 22.7 Å². The molecule has 1 aliphatic heterocycles. The van der Waals surface area contributed by atoms with Gasteiger partial charge < -0.3 is 5.32 Å². The molecule has 0 unspecified atom stereocenters. The third kappa shape index (κ3) is 5.04. The lowest BCUT2D eigenvalue weighted by molar-refractivity contribution is -0.123. The summed E-state index contributed by atoms with van der Waals surface area (Å²) in [6.45, 7) is 0.637. The summed E-state index contributed by atoms with van der Waals surface area (Å²) in [5.41, 5.74) is 1.95. The van der Waals surface area contributed by atoms with Crippen LogP contribution in [0, 0.1) is 0 Å². The summed E-state index contributed by atoms with van der Waals surface area (Å²) in [5.74, 6) is -0.277. The summed E-state index contributed by atoms with van der Waals surface area (Å²) in [4.78, 5) is 32.5. The van der Waals surface area contributed by atoms with Crippen molar-refractivity contribution in [3.05, 3.63) is 68.0 Å². The molecule has 1 aliphatic rings. The van der Waals surface area contributed by atoms with E-state index in [0.29, 0.717) is 15.8 Å². The molecule has 30 heavy (non-hydrogen) atoms. The van der Waals surface area contributed by atoms with E-state index in [2.05, 4.69) is 10.3 Å². The van der Waals surface area contributed by atoms with E-state index >= 15 is 0 Å². The number of thiazole rings is 1. The summed E-state index contributed by atoms with van der Waals surface area (Å²) < 4.78 is 0.489. The van der Waals surface area contributed by atoms with Crippen molar-refractivity contribution in [1.82, 2.24) is 15.2 Å². The Morgan fingerprint density at radius 3 is 2.77 bits per heavy atom. The first-order chi connectivity index (χ1) is 14.6. The number of rotatable bonds is 7. The van der Waals surface area contributed by atoms with Crippen molar-refractivity contribution in [3.8, 4) is 11.3 Å². The van der Waals surface area contributed by atoms with Crippen LogP contribution in [0.1, 0.15) is 16.3 Å². The number of benzene rings is 1. The van der Waals surface area contributed by atoms with Gasteiger partial charge in [-0.2, -0.15) is 0 Å². The number of amides is 2. The van der Waals surface area contributed by atoms with Gasteiger partial charge in [-0.05, 0) is 17.5 Å². The van der Waals surface area contributed by atoms with E-state index in [1.807, 2.05) is 59.3 Å². The van der Waals surface area contributed by atoms with E-state index in [1.165, 1.54) is 28.0 Å². The Bertz CT molecular complexity index is 1090. The van der Waals surface area contributed by atoms with Gasteiger partial charge in [-0.25, -0.2) is 4.98 Å². The lowest BCUT2D eigenvalue weighted by Crippen LogP contribution is -2.33. The van der Waals surface area contributed by atoms with Crippen LogP contribution in [0.25, 0.3) is 17.3 Å². The average molecular weight is 472 g/mol. The molecule has 2 amide bonds. The highest BCUT2D eigenvalue weighted by Crippen LogP contribution is 2.33. The van der Waals surface area contributed by atoms with Crippen molar-refractivity contribution in [2.45, 2.75) is 13.0 Å². The van der Waals surface area contributed by atoms with E-state index in [1.54, 1.807) is 11.3 Å². The van der Waals surface area contributed by atoms with Crippen LogP contribution in [0.4, 0.5) is 0 Å². The molecule has 9 heteroatoms. The minimum atomic E-state index is -0.140. The van der Waals surface area contributed by atoms with Gasteiger partial charge in [0.1, 0.15) is 9.33 Å². The Hall–Kier alpha value is -2.33. The van der Waals surface area contributed by atoms with Crippen LogP contribution in [0.3, 0.4) is 0 Å². The normalized spacial score (nSPS) is 15.2. The summed E-state index contributed by atoms with van der Waals surface area (Å²) in [7, 11) is 0. The second kappa shape index (κ2) is 9.65. The van der Waals surface area contributed by atoms with Crippen molar-refractivity contribution in [3.63, 3.8) is 0 Å². The fraction of sp³-hybridized carbons (Fsp3) is 0.143. The second-order valence-corrected chi connectivity index (χ2v) is 9.97. The van der Waals surface area contributed by atoms with Crippen molar-refractivity contribution in [2.75, 3.05) is 6.54 Å². The molecule has 0 spiro atoms. The Labute approximate surface area is 191 Å². The fourth-order valence-corrected chi connectivity index (χ4v) is 5.58. The summed E-state index contributed by atoms with van der Waals surface area (Å²) in [6.07, 6.45) is 2.03. The first kappa shape index (κ1) is 20.9. The molecular formula is C21H17N3O2S4. The molecule has 1 saturated heterocycles. The third-order valence-corrected chi connectivity index (χ3v) is 7.36. The standard InChI is InChI=1S/C21H17N3O2S4/c25-18(22-12-19-23-16(13-29-19)14-5-2-1-3-6-14)8-9-24-20(26)17(30-21(24)27)11-15-7-4-10-28-15/h1-7,10-11,13H,8-9,12H2,(H,22,25)/b17-11-. The molecule has 152 valence electrons. The van der Waals surface area contributed by atoms with Crippen molar-refractivity contribution in [1.29, 1.82) is 0 Å². The van der Waals surface area contributed by atoms with Crippen LogP contribution in [0.2, 0.25) is 0 Å². The van der Waals surface area contributed by atoms with Gasteiger partial charge in [0, 0.05) is 28.8 Å². The molecule has 5 nitrogen and oxygen atoms in total. The number of hydrogen-bond donors (Lipinski definition) is 1. The maximum absolute atomic E-state index is 12.6. The summed E-state index contributed by atoms with van der Waals surface area (Å²) in [5, 5.41) is 7.66. The van der Waals surface area contributed by atoms with Crippen molar-refractivity contribution < 1.29 is 9.59 Å². The molecule has 3 aromatic rings. The molecule has 1 fully saturated rings. The molecule has 3 heterocycles. The first-order valence-electron chi connectivity index (χ1n) is 9.15. The highest BCUT2D eigenvalue weighted by atomic mass is 32.2. The number of aromatic nitrogens is 1. The van der Waals surface area contributed by atoms with Gasteiger partial charge in [-0.1, -0.05) is 60.4 Å². The van der Waals surface area contributed by atoms with Gasteiger partial charge in [0.15, 0.2) is 0 Å². The van der Waals surface area contributed by atoms with Crippen LogP contribution >= 0.6 is 46.7 Å². The summed E-state index contributed by atoms with van der Waals surface area (Å²) >= 11 is 9.68. The molecular weight excluding hydrogens is 455 g/mol. The van der Waals surface area contributed by atoms with Gasteiger partial charge in [0.05, 0.1) is 17.1 Å². The Balaban J connectivity index is 1.27. The number of nitrogens with zero attached hydrogens (tertiary/aromatic N) is 2. The monoisotopic (exact) mass is 471 g/mol. The molecule has 2 aromatic heterocycles. The maximum atomic E-state index is 12.6. The van der Waals surface area contributed by atoms with Crippen LogP contribution < -0.4 is 5.32 Å². The Morgan fingerprint density at radius 1 is 1.17 bits per heavy atom. The quantitative estimate of drug-likeness (QED) is 0.397. The van der Waals surface area contributed by atoms with Crippen LogP contribution in [0.15, 0.2) is 58.1 Å². The predicted molar refractivity (Wildman–Crippen MR) is 128 cm³/mol. The molecule has 0 radical (unpaired) electrons. The molecule has 4 rings (SSSR count). The molecule has 1 N–H and O–H groups in total. The number of hydrogen-bond acceptors (Lipinski definition) is 7. The van der Waals surface area contributed by atoms with Crippen LogP contribution in [-0.2, 0) is 16.1 Å². The van der Waals surface area contributed by atoms with E-state index in [9.17, 15) is 9.59 Å². The zero-order chi connectivity index (χ0) is 20.9. The molecule has 0 atom stereocenters.